The van der Waals surface area contributed by atoms with Crippen molar-refractivity contribution in [2.75, 3.05) is 10.6 Å². The summed E-state index contributed by atoms with van der Waals surface area (Å²) in [6.45, 7) is 0. The fourth-order valence-electron chi connectivity index (χ4n) is 3.62. The molecule has 1 aromatic heterocycles. The fourth-order valence-corrected chi connectivity index (χ4v) is 4.11. The quantitative estimate of drug-likeness (QED) is 0.211. The first-order valence-corrected chi connectivity index (χ1v) is 12.2. The highest BCUT2D eigenvalue weighted by Crippen LogP contribution is 2.30. The van der Waals surface area contributed by atoms with Crippen molar-refractivity contribution < 1.29 is 19.5 Å². The largest absolute Gasteiger partial charge is 0.480 e. The normalized spacial score (nSPS) is 11.3. The first-order valence-electron chi connectivity index (χ1n) is 11.5. The number of aromatic nitrogens is 1. The number of carbonyl (C=O) groups is 3. The van der Waals surface area contributed by atoms with Gasteiger partial charge >= 0.3 is 12.0 Å². The number of amides is 3. The maximum atomic E-state index is 12.6. The van der Waals surface area contributed by atoms with Crippen LogP contribution in [0.3, 0.4) is 0 Å². The molecule has 0 aliphatic rings. The second kappa shape index (κ2) is 12.2. The van der Waals surface area contributed by atoms with Gasteiger partial charge in [-0.15, -0.1) is 0 Å². The van der Waals surface area contributed by atoms with Gasteiger partial charge in [0.15, 0.2) is 0 Å². The van der Waals surface area contributed by atoms with Crippen molar-refractivity contribution in [3.05, 3.63) is 112 Å². The summed E-state index contributed by atoms with van der Waals surface area (Å²) in [5, 5.41) is 18.0. The van der Waals surface area contributed by atoms with Crippen molar-refractivity contribution >= 4 is 52.5 Å². The number of anilines is 2. The molecular weight excluding hydrogens is 527 g/mol. The van der Waals surface area contributed by atoms with E-state index in [4.69, 9.17) is 23.2 Å². The van der Waals surface area contributed by atoms with E-state index in [1.807, 2.05) is 18.2 Å². The molecule has 10 heteroatoms. The Labute approximate surface area is 228 Å². The van der Waals surface area contributed by atoms with E-state index in [2.05, 4.69) is 20.9 Å². The van der Waals surface area contributed by atoms with Gasteiger partial charge in [-0.2, -0.15) is 0 Å². The van der Waals surface area contributed by atoms with Crippen LogP contribution >= 0.6 is 23.2 Å². The molecule has 3 aromatic carbocycles. The van der Waals surface area contributed by atoms with Crippen LogP contribution in [-0.2, 0) is 11.2 Å². The first kappa shape index (κ1) is 26.7. The van der Waals surface area contributed by atoms with Crippen LogP contribution in [-0.4, -0.2) is 34.0 Å². The SMILES string of the molecule is O=C(Nc1ccc(-c2ccc(C(=O)N[C@@H](Cc3ccccc3)C(=O)O)nc2)cc1)Nc1c(Cl)cccc1Cl. The monoisotopic (exact) mass is 548 g/mol. The molecule has 0 spiro atoms. The zero-order valence-electron chi connectivity index (χ0n) is 19.8. The van der Waals surface area contributed by atoms with E-state index in [-0.39, 0.29) is 12.1 Å². The van der Waals surface area contributed by atoms with Gasteiger partial charge < -0.3 is 21.1 Å². The maximum Gasteiger partial charge on any atom is 0.326 e. The van der Waals surface area contributed by atoms with Crippen molar-refractivity contribution in [1.29, 1.82) is 0 Å². The molecule has 0 aliphatic carbocycles. The van der Waals surface area contributed by atoms with Crippen molar-refractivity contribution in [2.24, 2.45) is 0 Å². The second-order valence-electron chi connectivity index (χ2n) is 8.24. The molecular formula is C28H22Cl2N4O4. The Balaban J connectivity index is 1.37. The van der Waals surface area contributed by atoms with Crippen LogP contribution in [0.5, 0.6) is 0 Å². The summed E-state index contributed by atoms with van der Waals surface area (Å²) in [4.78, 5) is 40.8. The summed E-state index contributed by atoms with van der Waals surface area (Å²) in [5.41, 5.74) is 3.29. The number of benzene rings is 3. The Morgan fingerprint density at radius 1 is 0.789 bits per heavy atom. The number of nitrogens with zero attached hydrogens (tertiary/aromatic N) is 1. The first-order chi connectivity index (χ1) is 18.3. The number of halogens is 2. The Morgan fingerprint density at radius 3 is 2.05 bits per heavy atom. The summed E-state index contributed by atoms with van der Waals surface area (Å²) < 4.78 is 0. The molecule has 3 amide bonds. The Kier molecular flexibility index (Phi) is 8.58. The van der Waals surface area contributed by atoms with Crippen molar-refractivity contribution in [3.8, 4) is 11.1 Å². The fraction of sp³-hybridized carbons (Fsp3) is 0.0714. The standard InChI is InChI=1S/C28H22Cl2N4O4/c29-21-7-4-8-22(30)25(21)34-28(38)32-20-12-9-18(10-13-20)19-11-14-23(31-16-19)26(35)33-24(27(36)37)15-17-5-2-1-3-6-17/h1-14,16,24H,15H2,(H,33,35)(H,36,37)(H2,32,34,38)/t24-/m0/s1. The average molecular weight is 549 g/mol. The molecule has 192 valence electrons. The molecule has 38 heavy (non-hydrogen) atoms. The number of carboxylic acids is 1. The van der Waals surface area contributed by atoms with Crippen LogP contribution < -0.4 is 16.0 Å². The smallest absolute Gasteiger partial charge is 0.326 e. The highest BCUT2D eigenvalue weighted by Gasteiger charge is 2.21. The van der Waals surface area contributed by atoms with Gasteiger partial charge in [0.05, 0.1) is 15.7 Å². The lowest BCUT2D eigenvalue weighted by atomic mass is 10.1. The van der Waals surface area contributed by atoms with Crippen LogP contribution in [0.15, 0.2) is 91.1 Å². The molecule has 1 atom stereocenters. The lowest BCUT2D eigenvalue weighted by molar-refractivity contribution is -0.139. The number of pyridine rings is 1. The summed E-state index contributed by atoms with van der Waals surface area (Å²) >= 11 is 12.2. The summed E-state index contributed by atoms with van der Waals surface area (Å²) in [7, 11) is 0. The molecule has 4 aromatic rings. The number of rotatable bonds is 8. The minimum absolute atomic E-state index is 0.0984. The number of hydrogen-bond donors (Lipinski definition) is 4. The van der Waals surface area contributed by atoms with Gasteiger partial charge in [0.1, 0.15) is 11.7 Å². The summed E-state index contributed by atoms with van der Waals surface area (Å²) in [5.74, 6) is -1.71. The van der Waals surface area contributed by atoms with E-state index in [1.54, 1.807) is 60.7 Å². The van der Waals surface area contributed by atoms with Crippen LogP contribution in [0.1, 0.15) is 16.1 Å². The zero-order valence-corrected chi connectivity index (χ0v) is 21.3. The molecule has 0 saturated heterocycles. The molecule has 4 N–H and O–H groups in total. The lowest BCUT2D eigenvalue weighted by Gasteiger charge is -2.14. The third-order valence-corrected chi connectivity index (χ3v) is 6.19. The van der Waals surface area contributed by atoms with E-state index in [0.29, 0.717) is 21.4 Å². The number of carbonyl (C=O) groups excluding carboxylic acids is 2. The Bertz CT molecular complexity index is 1430. The van der Waals surface area contributed by atoms with Gasteiger partial charge in [0, 0.05) is 23.9 Å². The minimum Gasteiger partial charge on any atom is -0.480 e. The number of nitrogens with one attached hydrogen (secondary N) is 3. The summed E-state index contributed by atoms with van der Waals surface area (Å²) in [6.07, 6.45) is 1.68. The van der Waals surface area contributed by atoms with E-state index < -0.39 is 23.9 Å². The number of urea groups is 1. The van der Waals surface area contributed by atoms with E-state index in [1.165, 1.54) is 12.3 Å². The van der Waals surface area contributed by atoms with Crippen molar-refractivity contribution in [2.45, 2.75) is 12.5 Å². The molecule has 0 aliphatic heterocycles. The average Bonchev–Trinajstić information content (AvgIpc) is 2.91. The third-order valence-electron chi connectivity index (χ3n) is 5.56. The predicted molar refractivity (Wildman–Crippen MR) is 148 cm³/mol. The van der Waals surface area contributed by atoms with Crippen molar-refractivity contribution in [1.82, 2.24) is 10.3 Å². The molecule has 0 unspecified atom stereocenters. The molecule has 1 heterocycles. The van der Waals surface area contributed by atoms with Gasteiger partial charge in [0.2, 0.25) is 0 Å². The topological polar surface area (TPSA) is 120 Å². The van der Waals surface area contributed by atoms with Gasteiger partial charge in [-0.25, -0.2) is 9.59 Å². The highest BCUT2D eigenvalue weighted by molar-refractivity contribution is 6.39. The predicted octanol–water partition coefficient (Wildman–Crippen LogP) is 6.13. The lowest BCUT2D eigenvalue weighted by Crippen LogP contribution is -2.42. The van der Waals surface area contributed by atoms with Gasteiger partial charge in [-0.1, -0.05) is 77.8 Å². The van der Waals surface area contributed by atoms with Crippen LogP contribution in [0.4, 0.5) is 16.2 Å². The van der Waals surface area contributed by atoms with E-state index in [9.17, 15) is 19.5 Å². The molecule has 4 rings (SSSR count). The third kappa shape index (κ3) is 6.88. The molecule has 0 fully saturated rings. The highest BCUT2D eigenvalue weighted by atomic mass is 35.5. The van der Waals surface area contributed by atoms with Crippen LogP contribution in [0.2, 0.25) is 10.0 Å². The van der Waals surface area contributed by atoms with Gasteiger partial charge in [-0.05, 0) is 41.5 Å². The summed E-state index contributed by atoms with van der Waals surface area (Å²) in [6, 6.07) is 22.6. The van der Waals surface area contributed by atoms with Crippen molar-refractivity contribution in [3.63, 3.8) is 0 Å². The number of para-hydroxylation sites is 1. The van der Waals surface area contributed by atoms with E-state index in [0.717, 1.165) is 16.7 Å². The number of hydrogen-bond acceptors (Lipinski definition) is 4. The zero-order chi connectivity index (χ0) is 27.1. The van der Waals surface area contributed by atoms with Crippen LogP contribution in [0, 0.1) is 0 Å². The van der Waals surface area contributed by atoms with E-state index >= 15 is 0 Å². The molecule has 8 nitrogen and oxygen atoms in total. The van der Waals surface area contributed by atoms with Gasteiger partial charge in [0.25, 0.3) is 5.91 Å². The number of aliphatic carboxylic acids is 1. The Morgan fingerprint density at radius 2 is 1.45 bits per heavy atom. The maximum absolute atomic E-state index is 12.6. The van der Waals surface area contributed by atoms with Crippen LogP contribution in [0.25, 0.3) is 11.1 Å². The van der Waals surface area contributed by atoms with Gasteiger partial charge in [-0.3, -0.25) is 9.78 Å². The minimum atomic E-state index is -1.13. The molecule has 0 saturated carbocycles. The molecule has 0 radical (unpaired) electrons. The second-order valence-corrected chi connectivity index (χ2v) is 9.05. The Hall–Kier alpha value is -4.40. The number of carboxylic acid groups (broad SMARTS) is 1. The molecule has 0 bridgehead atoms.